The van der Waals surface area contributed by atoms with E-state index in [-0.39, 0.29) is 0 Å². The van der Waals surface area contributed by atoms with Crippen molar-refractivity contribution in [2.45, 2.75) is 67.2 Å². The molecule has 1 aliphatic carbocycles. The van der Waals surface area contributed by atoms with Crippen LogP contribution in [-0.4, -0.2) is 0 Å². The van der Waals surface area contributed by atoms with Crippen LogP contribution < -0.4 is 0 Å². The van der Waals surface area contributed by atoms with Crippen LogP contribution in [-0.2, 0) is 0 Å². The fourth-order valence-corrected chi connectivity index (χ4v) is 1.71. The highest BCUT2D eigenvalue weighted by atomic mass is 14.4. The molecular weight excluding hydrogens is 180 g/mol. The van der Waals surface area contributed by atoms with Gasteiger partial charge in [-0.25, -0.2) is 0 Å². The summed E-state index contributed by atoms with van der Waals surface area (Å²) in [5.74, 6) is 0. The Bertz CT molecular complexity index is 228. The molecule has 1 rings (SSSR count). The molecule has 0 aromatic heterocycles. The Morgan fingerprint density at radius 2 is 1.53 bits per heavy atom. The van der Waals surface area contributed by atoms with E-state index in [1.54, 1.807) is 0 Å². The van der Waals surface area contributed by atoms with Gasteiger partial charge >= 0.3 is 0 Å². The van der Waals surface area contributed by atoms with Crippen LogP contribution in [0.1, 0.15) is 67.2 Å². The van der Waals surface area contributed by atoms with E-state index >= 15 is 0 Å². The molecule has 15 heavy (non-hydrogen) atoms. The van der Waals surface area contributed by atoms with Gasteiger partial charge in [0, 0.05) is 0 Å². The lowest BCUT2D eigenvalue weighted by Crippen LogP contribution is -2.09. The van der Waals surface area contributed by atoms with Gasteiger partial charge in [0.1, 0.15) is 0 Å². The Kier molecular flexibility index (Phi) is 3.38. The second-order valence-electron chi connectivity index (χ2n) is 7.62. The second kappa shape index (κ2) is 3.96. The van der Waals surface area contributed by atoms with Crippen molar-refractivity contribution >= 4 is 0 Å². The summed E-state index contributed by atoms with van der Waals surface area (Å²) in [6.07, 6.45) is 10.5. The number of hydrogen-bond acceptors (Lipinski definition) is 0. The maximum atomic E-state index is 2.50. The van der Waals surface area contributed by atoms with E-state index in [9.17, 15) is 0 Å². The highest BCUT2D eigenvalue weighted by molar-refractivity contribution is 5.11. The van der Waals surface area contributed by atoms with Crippen LogP contribution in [0.5, 0.6) is 0 Å². The molecule has 0 radical (unpaired) electrons. The van der Waals surface area contributed by atoms with Crippen molar-refractivity contribution in [2.24, 2.45) is 16.2 Å². The average molecular weight is 208 g/mol. The lowest BCUT2D eigenvalue weighted by atomic mass is 9.84. The Hall–Kier alpha value is -0.260. The Morgan fingerprint density at radius 1 is 1.00 bits per heavy atom. The minimum atomic E-state index is 0.345. The molecule has 1 aliphatic rings. The first-order chi connectivity index (χ1) is 6.62. The number of hydrogen-bond donors (Lipinski definition) is 0. The zero-order chi connectivity index (χ0) is 11.7. The predicted molar refractivity (Wildman–Crippen MR) is 69.0 cm³/mol. The van der Waals surface area contributed by atoms with Gasteiger partial charge in [-0.3, -0.25) is 0 Å². The number of rotatable bonds is 3. The van der Waals surface area contributed by atoms with Gasteiger partial charge in [0.2, 0.25) is 0 Å². The Balaban J connectivity index is 2.44. The largest absolute Gasteiger partial charge is 0.0826 e. The summed E-state index contributed by atoms with van der Waals surface area (Å²) in [4.78, 5) is 0. The van der Waals surface area contributed by atoms with Crippen LogP contribution in [0.25, 0.3) is 0 Å². The molecule has 0 saturated heterocycles. The van der Waals surface area contributed by atoms with Crippen LogP contribution in [0.15, 0.2) is 12.2 Å². The number of allylic oxidation sites excluding steroid dienone is 2. The normalized spacial score (nSPS) is 20.9. The Labute approximate surface area is 96.2 Å². The van der Waals surface area contributed by atoms with E-state index in [1.165, 1.54) is 25.7 Å². The maximum Gasteiger partial charge on any atom is -0.0117 e. The summed E-state index contributed by atoms with van der Waals surface area (Å²) in [7, 11) is 0. The minimum absolute atomic E-state index is 0.345. The monoisotopic (exact) mass is 208 g/mol. The molecule has 1 fully saturated rings. The third-order valence-corrected chi connectivity index (χ3v) is 3.20. The van der Waals surface area contributed by atoms with Crippen molar-refractivity contribution in [3.63, 3.8) is 0 Å². The molecule has 0 unspecified atom stereocenters. The summed E-state index contributed by atoms with van der Waals surface area (Å²) in [6.45, 7) is 13.9. The van der Waals surface area contributed by atoms with Crippen molar-refractivity contribution in [3.8, 4) is 0 Å². The van der Waals surface area contributed by atoms with Gasteiger partial charge < -0.3 is 0 Å². The van der Waals surface area contributed by atoms with Crippen LogP contribution >= 0.6 is 0 Å². The lowest BCUT2D eigenvalue weighted by molar-refractivity contribution is 0.333. The van der Waals surface area contributed by atoms with Gasteiger partial charge in [0.05, 0.1) is 0 Å². The van der Waals surface area contributed by atoms with Gasteiger partial charge in [0.25, 0.3) is 0 Å². The summed E-state index contributed by atoms with van der Waals surface area (Å²) in [6, 6.07) is 0. The standard InChI is InChI=1S/C15H28/c1-13(2,3)7-9-15(11-12-15)10-8-14(4,5)6/h7,9H,8,10-12H2,1-6H3/b9-7+. The highest BCUT2D eigenvalue weighted by Crippen LogP contribution is 2.52. The fraction of sp³-hybridized carbons (Fsp3) is 0.867. The molecule has 0 atom stereocenters. The van der Waals surface area contributed by atoms with E-state index in [0.717, 1.165) is 0 Å². The third-order valence-electron chi connectivity index (χ3n) is 3.20. The van der Waals surface area contributed by atoms with Crippen molar-refractivity contribution in [3.05, 3.63) is 12.2 Å². The molecule has 0 aliphatic heterocycles. The van der Waals surface area contributed by atoms with Gasteiger partial charge in [-0.1, -0.05) is 53.7 Å². The van der Waals surface area contributed by atoms with E-state index in [4.69, 9.17) is 0 Å². The van der Waals surface area contributed by atoms with Crippen LogP contribution in [0, 0.1) is 16.2 Å². The molecule has 0 spiro atoms. The van der Waals surface area contributed by atoms with Gasteiger partial charge in [-0.15, -0.1) is 0 Å². The topological polar surface area (TPSA) is 0 Å². The lowest BCUT2D eigenvalue weighted by Gasteiger charge is -2.22. The smallest absolute Gasteiger partial charge is 0.0117 e. The predicted octanol–water partition coefficient (Wildman–Crippen LogP) is 5.20. The van der Waals surface area contributed by atoms with Gasteiger partial charge in [-0.05, 0) is 41.9 Å². The summed E-state index contributed by atoms with van der Waals surface area (Å²) in [5.41, 5.74) is 1.42. The zero-order valence-electron chi connectivity index (χ0n) is 11.5. The van der Waals surface area contributed by atoms with E-state index in [1.807, 2.05) is 0 Å². The van der Waals surface area contributed by atoms with Crippen LogP contribution in [0.3, 0.4) is 0 Å². The molecular formula is C15H28. The second-order valence-corrected chi connectivity index (χ2v) is 7.62. The first-order valence-corrected chi connectivity index (χ1v) is 6.32. The van der Waals surface area contributed by atoms with Crippen LogP contribution in [0.4, 0.5) is 0 Å². The molecule has 0 aromatic carbocycles. The molecule has 0 heterocycles. The van der Waals surface area contributed by atoms with Crippen molar-refractivity contribution in [2.75, 3.05) is 0 Å². The molecule has 0 amide bonds. The van der Waals surface area contributed by atoms with Gasteiger partial charge in [-0.2, -0.15) is 0 Å². The Morgan fingerprint density at radius 3 is 1.87 bits per heavy atom. The third kappa shape index (κ3) is 5.39. The molecule has 0 heteroatoms. The van der Waals surface area contributed by atoms with E-state index < -0.39 is 0 Å². The fourth-order valence-electron chi connectivity index (χ4n) is 1.71. The van der Waals surface area contributed by atoms with Crippen molar-refractivity contribution in [1.82, 2.24) is 0 Å². The molecule has 0 bridgehead atoms. The quantitative estimate of drug-likeness (QED) is 0.559. The zero-order valence-corrected chi connectivity index (χ0v) is 11.5. The first-order valence-electron chi connectivity index (χ1n) is 6.32. The van der Waals surface area contributed by atoms with E-state index in [2.05, 4.69) is 53.7 Å². The van der Waals surface area contributed by atoms with Crippen molar-refractivity contribution < 1.29 is 0 Å². The average Bonchev–Trinajstić information content (AvgIpc) is 2.76. The van der Waals surface area contributed by atoms with E-state index in [0.29, 0.717) is 16.2 Å². The van der Waals surface area contributed by atoms with Gasteiger partial charge in [0.15, 0.2) is 0 Å². The first kappa shape index (κ1) is 12.8. The minimum Gasteiger partial charge on any atom is -0.0826 e. The molecule has 1 saturated carbocycles. The molecule has 88 valence electrons. The SMILES string of the molecule is CC(C)(C)/C=C/C1(CCC(C)(C)C)CC1. The molecule has 0 aromatic rings. The summed E-state index contributed by atoms with van der Waals surface area (Å²) < 4.78 is 0. The highest BCUT2D eigenvalue weighted by Gasteiger charge is 2.40. The maximum absolute atomic E-state index is 2.50. The molecule has 0 nitrogen and oxygen atoms in total. The van der Waals surface area contributed by atoms with Crippen molar-refractivity contribution in [1.29, 1.82) is 0 Å². The summed E-state index contributed by atoms with van der Waals surface area (Å²) >= 11 is 0. The van der Waals surface area contributed by atoms with Crippen LogP contribution in [0.2, 0.25) is 0 Å². The summed E-state index contributed by atoms with van der Waals surface area (Å²) in [5, 5.41) is 0. The molecule has 0 N–H and O–H groups in total.